The molecule has 22 heavy (non-hydrogen) atoms. The summed E-state index contributed by atoms with van der Waals surface area (Å²) in [6.45, 7) is 0.620. The summed E-state index contributed by atoms with van der Waals surface area (Å²) in [5, 5.41) is 4.67. The van der Waals surface area contributed by atoms with Crippen LogP contribution in [0.2, 0.25) is 0 Å². The molecule has 112 valence electrons. The predicted molar refractivity (Wildman–Crippen MR) is 83.6 cm³/mol. The standard InChI is InChI=1S/C16H18N6/c17-10-14-2-1-3-15-19-16(20-22(14)15)12-4-6-13(7-5-12)21-9-8-18-11-21/h4-9,11,14H,1-3,10,17H2. The fourth-order valence-corrected chi connectivity index (χ4v) is 2.97. The van der Waals surface area contributed by atoms with Crippen LogP contribution in [0, 0.1) is 0 Å². The number of fused-ring (bicyclic) bond motifs is 1. The van der Waals surface area contributed by atoms with E-state index in [1.165, 1.54) is 0 Å². The van der Waals surface area contributed by atoms with Gasteiger partial charge in [-0.3, -0.25) is 0 Å². The van der Waals surface area contributed by atoms with E-state index in [4.69, 9.17) is 5.73 Å². The highest BCUT2D eigenvalue weighted by atomic mass is 15.4. The molecule has 0 amide bonds. The molecule has 1 aliphatic heterocycles. The molecule has 0 bridgehead atoms. The van der Waals surface area contributed by atoms with Crippen molar-refractivity contribution >= 4 is 0 Å². The zero-order chi connectivity index (χ0) is 14.9. The Hall–Kier alpha value is -2.47. The van der Waals surface area contributed by atoms with Crippen LogP contribution in [0.1, 0.15) is 24.7 Å². The number of hydrogen-bond donors (Lipinski definition) is 1. The van der Waals surface area contributed by atoms with Crippen molar-refractivity contribution in [2.24, 2.45) is 5.73 Å². The first kappa shape index (κ1) is 13.2. The number of hydrogen-bond acceptors (Lipinski definition) is 4. The largest absolute Gasteiger partial charge is 0.328 e. The van der Waals surface area contributed by atoms with E-state index in [1.807, 2.05) is 27.6 Å². The minimum Gasteiger partial charge on any atom is -0.328 e. The van der Waals surface area contributed by atoms with Crippen LogP contribution in [0.4, 0.5) is 0 Å². The van der Waals surface area contributed by atoms with Crippen molar-refractivity contribution < 1.29 is 0 Å². The molecule has 1 aromatic carbocycles. The second kappa shape index (κ2) is 5.38. The Balaban J connectivity index is 1.66. The van der Waals surface area contributed by atoms with Crippen molar-refractivity contribution in [3.8, 4) is 17.1 Å². The third kappa shape index (κ3) is 2.21. The van der Waals surface area contributed by atoms with Gasteiger partial charge < -0.3 is 10.3 Å². The molecule has 0 saturated carbocycles. The van der Waals surface area contributed by atoms with Crippen molar-refractivity contribution in [1.29, 1.82) is 0 Å². The van der Waals surface area contributed by atoms with E-state index in [0.29, 0.717) is 6.54 Å². The monoisotopic (exact) mass is 294 g/mol. The van der Waals surface area contributed by atoms with Gasteiger partial charge in [-0.1, -0.05) is 0 Å². The summed E-state index contributed by atoms with van der Waals surface area (Å²) in [6.07, 6.45) is 8.69. The lowest BCUT2D eigenvalue weighted by atomic mass is 10.1. The molecule has 6 nitrogen and oxygen atoms in total. The third-order valence-corrected chi connectivity index (χ3v) is 4.19. The quantitative estimate of drug-likeness (QED) is 0.801. The number of nitrogens with zero attached hydrogens (tertiary/aromatic N) is 5. The highest BCUT2D eigenvalue weighted by Crippen LogP contribution is 2.25. The molecule has 4 rings (SSSR count). The lowest BCUT2D eigenvalue weighted by molar-refractivity contribution is 0.370. The Morgan fingerprint density at radius 3 is 2.82 bits per heavy atom. The normalized spacial score (nSPS) is 17.4. The van der Waals surface area contributed by atoms with E-state index >= 15 is 0 Å². The molecule has 2 aromatic heterocycles. The lowest BCUT2D eigenvalue weighted by Gasteiger charge is -2.21. The zero-order valence-electron chi connectivity index (χ0n) is 12.3. The molecule has 3 heterocycles. The van der Waals surface area contributed by atoms with Crippen molar-refractivity contribution in [1.82, 2.24) is 24.3 Å². The number of rotatable bonds is 3. The molecule has 3 aromatic rings. The van der Waals surface area contributed by atoms with Crippen LogP contribution in [0.5, 0.6) is 0 Å². The molecule has 0 fully saturated rings. The minimum absolute atomic E-state index is 0.287. The Morgan fingerprint density at radius 1 is 1.23 bits per heavy atom. The second-order valence-electron chi connectivity index (χ2n) is 5.59. The SMILES string of the molecule is NCC1CCCc2nc(-c3ccc(-n4ccnc4)cc3)nn21. The summed E-state index contributed by atoms with van der Waals surface area (Å²) in [4.78, 5) is 8.75. The first-order chi connectivity index (χ1) is 10.8. The summed E-state index contributed by atoms with van der Waals surface area (Å²) in [5.41, 5.74) is 7.95. The van der Waals surface area contributed by atoms with Crippen molar-refractivity contribution in [3.05, 3.63) is 48.8 Å². The summed E-state index contributed by atoms with van der Waals surface area (Å²) in [5.74, 6) is 1.84. The Labute approximate surface area is 128 Å². The van der Waals surface area contributed by atoms with E-state index in [9.17, 15) is 0 Å². The third-order valence-electron chi connectivity index (χ3n) is 4.19. The first-order valence-electron chi connectivity index (χ1n) is 7.59. The first-order valence-corrected chi connectivity index (χ1v) is 7.59. The van der Waals surface area contributed by atoms with Crippen LogP contribution >= 0.6 is 0 Å². The molecule has 1 unspecified atom stereocenters. The smallest absolute Gasteiger partial charge is 0.181 e. The number of aromatic nitrogens is 5. The zero-order valence-corrected chi connectivity index (χ0v) is 12.3. The van der Waals surface area contributed by atoms with Gasteiger partial charge in [-0.15, -0.1) is 0 Å². The van der Waals surface area contributed by atoms with Gasteiger partial charge in [-0.05, 0) is 37.1 Å². The highest BCUT2D eigenvalue weighted by molar-refractivity contribution is 5.57. The van der Waals surface area contributed by atoms with Crippen LogP contribution in [-0.4, -0.2) is 30.9 Å². The molecule has 6 heteroatoms. The van der Waals surface area contributed by atoms with Gasteiger partial charge in [-0.2, -0.15) is 5.10 Å². The fraction of sp³-hybridized carbons (Fsp3) is 0.312. The number of imidazole rings is 1. The summed E-state index contributed by atoms with van der Waals surface area (Å²) in [6, 6.07) is 8.49. The van der Waals surface area contributed by atoms with Crippen LogP contribution < -0.4 is 5.73 Å². The molecule has 1 aliphatic rings. The minimum atomic E-state index is 0.287. The van der Waals surface area contributed by atoms with E-state index in [-0.39, 0.29) is 6.04 Å². The van der Waals surface area contributed by atoms with Crippen molar-refractivity contribution in [2.75, 3.05) is 6.54 Å². The van der Waals surface area contributed by atoms with E-state index in [0.717, 1.165) is 42.2 Å². The predicted octanol–water partition coefficient (Wildman–Crippen LogP) is 1.97. The van der Waals surface area contributed by atoms with Crippen LogP contribution in [0.15, 0.2) is 43.0 Å². The summed E-state index contributed by atoms with van der Waals surface area (Å²) >= 11 is 0. The maximum absolute atomic E-state index is 5.84. The Bertz CT molecular complexity index is 757. The number of aryl methyl sites for hydroxylation is 1. The van der Waals surface area contributed by atoms with Gasteiger partial charge in [0.2, 0.25) is 0 Å². The second-order valence-corrected chi connectivity index (χ2v) is 5.59. The molecule has 2 N–H and O–H groups in total. The average molecular weight is 294 g/mol. The maximum Gasteiger partial charge on any atom is 0.181 e. The van der Waals surface area contributed by atoms with Gasteiger partial charge in [0.25, 0.3) is 0 Å². The van der Waals surface area contributed by atoms with E-state index in [1.54, 1.807) is 12.5 Å². The van der Waals surface area contributed by atoms with Crippen molar-refractivity contribution in [2.45, 2.75) is 25.3 Å². The highest BCUT2D eigenvalue weighted by Gasteiger charge is 2.22. The summed E-state index contributed by atoms with van der Waals surface area (Å²) < 4.78 is 3.99. The van der Waals surface area contributed by atoms with Gasteiger partial charge in [0.05, 0.1) is 12.4 Å². The van der Waals surface area contributed by atoms with Gasteiger partial charge >= 0.3 is 0 Å². The topological polar surface area (TPSA) is 74.6 Å². The van der Waals surface area contributed by atoms with Gasteiger partial charge in [-0.25, -0.2) is 14.6 Å². The lowest BCUT2D eigenvalue weighted by Crippen LogP contribution is -2.25. The Morgan fingerprint density at radius 2 is 2.09 bits per heavy atom. The maximum atomic E-state index is 5.84. The molecule has 1 atom stereocenters. The average Bonchev–Trinajstić information content (AvgIpc) is 3.24. The molecule has 0 radical (unpaired) electrons. The summed E-state index contributed by atoms with van der Waals surface area (Å²) in [7, 11) is 0. The molecular weight excluding hydrogens is 276 g/mol. The molecule has 0 saturated heterocycles. The van der Waals surface area contributed by atoms with Crippen molar-refractivity contribution in [3.63, 3.8) is 0 Å². The molecular formula is C16H18N6. The van der Waals surface area contributed by atoms with Crippen LogP contribution in [0.25, 0.3) is 17.1 Å². The van der Waals surface area contributed by atoms with Crippen LogP contribution in [-0.2, 0) is 6.42 Å². The van der Waals surface area contributed by atoms with E-state index < -0.39 is 0 Å². The molecule has 0 spiro atoms. The Kier molecular flexibility index (Phi) is 3.23. The fourth-order valence-electron chi connectivity index (χ4n) is 2.97. The number of nitrogens with two attached hydrogens (primary N) is 1. The van der Waals surface area contributed by atoms with Gasteiger partial charge in [0.1, 0.15) is 5.82 Å². The van der Waals surface area contributed by atoms with Gasteiger partial charge in [0, 0.05) is 36.6 Å². The van der Waals surface area contributed by atoms with Crippen LogP contribution in [0.3, 0.4) is 0 Å². The molecule has 0 aliphatic carbocycles. The number of benzene rings is 1. The van der Waals surface area contributed by atoms with E-state index in [2.05, 4.69) is 27.2 Å². The van der Waals surface area contributed by atoms with Gasteiger partial charge in [0.15, 0.2) is 5.82 Å².